The van der Waals surface area contributed by atoms with E-state index >= 15 is 0 Å². The van der Waals surface area contributed by atoms with E-state index in [4.69, 9.17) is 4.55 Å². The van der Waals surface area contributed by atoms with Gasteiger partial charge in [-0.1, -0.05) is 52.9 Å². The Bertz CT molecular complexity index is 407. The molecule has 16 heavy (non-hydrogen) atoms. The molecule has 1 aromatic rings. The van der Waals surface area contributed by atoms with E-state index in [0.717, 1.165) is 5.56 Å². The van der Waals surface area contributed by atoms with E-state index < -0.39 is 10.1 Å². The summed E-state index contributed by atoms with van der Waals surface area (Å²) in [5, 5.41) is 3.18. The van der Waals surface area contributed by atoms with Crippen LogP contribution in [0.1, 0.15) is 16.0 Å². The predicted molar refractivity (Wildman–Crippen MR) is 72.2 cm³/mol. The van der Waals surface area contributed by atoms with Crippen molar-refractivity contribution in [1.29, 1.82) is 0 Å². The molecule has 1 atom stereocenters. The van der Waals surface area contributed by atoms with Gasteiger partial charge in [0.1, 0.15) is 0 Å². The zero-order valence-corrected chi connectivity index (χ0v) is 11.6. The smallest absolute Gasteiger partial charge is 0.264 e. The Morgan fingerprint density at radius 2 is 1.94 bits per heavy atom. The number of rotatable bonds is 6. The highest BCUT2D eigenvalue weighted by Gasteiger charge is 2.07. The largest absolute Gasteiger partial charge is 0.302 e. The molecule has 0 saturated carbocycles. The summed E-state index contributed by atoms with van der Waals surface area (Å²) in [4.78, 5) is 0. The highest BCUT2D eigenvalue weighted by molar-refractivity contribution is 14.1. The molecule has 0 fully saturated rings. The molecular formula is C10H14INO3S. The molecule has 0 aliphatic rings. The van der Waals surface area contributed by atoms with E-state index in [-0.39, 0.29) is 9.80 Å². The SMILES string of the molecule is O=S(=O)(O)CCCNC(I)c1ccccc1. The van der Waals surface area contributed by atoms with Gasteiger partial charge in [0.2, 0.25) is 0 Å². The fourth-order valence-electron chi connectivity index (χ4n) is 1.22. The first kappa shape index (κ1) is 13.9. The van der Waals surface area contributed by atoms with Gasteiger partial charge >= 0.3 is 0 Å². The zero-order chi connectivity index (χ0) is 12.0. The van der Waals surface area contributed by atoms with Gasteiger partial charge in [-0.25, -0.2) is 0 Å². The van der Waals surface area contributed by atoms with E-state index in [0.29, 0.717) is 13.0 Å². The maximum absolute atomic E-state index is 10.5. The zero-order valence-electron chi connectivity index (χ0n) is 8.64. The summed E-state index contributed by atoms with van der Waals surface area (Å²) >= 11 is 2.24. The highest BCUT2D eigenvalue weighted by atomic mass is 127. The van der Waals surface area contributed by atoms with Crippen LogP contribution >= 0.6 is 22.6 Å². The molecule has 1 aromatic carbocycles. The van der Waals surface area contributed by atoms with Crippen LogP contribution in [-0.2, 0) is 10.1 Å². The van der Waals surface area contributed by atoms with Crippen LogP contribution < -0.4 is 5.32 Å². The monoisotopic (exact) mass is 355 g/mol. The minimum Gasteiger partial charge on any atom is -0.302 e. The molecule has 0 aliphatic carbocycles. The summed E-state index contributed by atoms with van der Waals surface area (Å²) in [6, 6.07) is 9.88. The Kier molecular flexibility index (Phi) is 5.67. The van der Waals surface area contributed by atoms with Gasteiger partial charge < -0.3 is 5.32 Å². The average molecular weight is 355 g/mol. The highest BCUT2D eigenvalue weighted by Crippen LogP contribution is 2.19. The maximum atomic E-state index is 10.5. The lowest BCUT2D eigenvalue weighted by Gasteiger charge is -2.11. The second-order valence-electron chi connectivity index (χ2n) is 3.37. The Morgan fingerprint density at radius 3 is 2.50 bits per heavy atom. The minimum atomic E-state index is -3.83. The van der Waals surface area contributed by atoms with Crippen molar-refractivity contribution in [1.82, 2.24) is 5.32 Å². The fourth-order valence-corrected chi connectivity index (χ4v) is 2.46. The second-order valence-corrected chi connectivity index (χ2v) is 6.18. The van der Waals surface area contributed by atoms with Crippen molar-refractivity contribution in [2.75, 3.05) is 12.3 Å². The van der Waals surface area contributed by atoms with Crippen molar-refractivity contribution in [3.8, 4) is 0 Å². The van der Waals surface area contributed by atoms with Crippen LogP contribution in [0.25, 0.3) is 0 Å². The Balaban J connectivity index is 2.29. The van der Waals surface area contributed by atoms with Crippen molar-refractivity contribution in [3.63, 3.8) is 0 Å². The Hall–Kier alpha value is -0.180. The summed E-state index contributed by atoms with van der Waals surface area (Å²) in [5.41, 5.74) is 1.15. The predicted octanol–water partition coefficient (Wildman–Crippen LogP) is 1.99. The first-order valence-corrected chi connectivity index (χ1v) is 7.72. The molecule has 1 unspecified atom stereocenters. The van der Waals surface area contributed by atoms with Gasteiger partial charge in [0, 0.05) is 0 Å². The molecule has 2 N–H and O–H groups in total. The molecule has 90 valence electrons. The molecule has 0 saturated heterocycles. The lowest BCUT2D eigenvalue weighted by atomic mass is 10.2. The van der Waals surface area contributed by atoms with Gasteiger partial charge in [0.05, 0.1) is 9.80 Å². The molecule has 0 amide bonds. The lowest BCUT2D eigenvalue weighted by molar-refractivity contribution is 0.479. The second kappa shape index (κ2) is 6.53. The fraction of sp³-hybridized carbons (Fsp3) is 0.400. The van der Waals surface area contributed by atoms with Crippen molar-refractivity contribution >= 4 is 32.7 Å². The van der Waals surface area contributed by atoms with Crippen LogP contribution in [-0.4, -0.2) is 25.3 Å². The third-order valence-corrected chi connectivity index (χ3v) is 3.96. The van der Waals surface area contributed by atoms with Crippen LogP contribution in [0.4, 0.5) is 0 Å². The van der Waals surface area contributed by atoms with Gasteiger partial charge in [-0.2, -0.15) is 8.42 Å². The normalized spacial score (nSPS) is 13.6. The van der Waals surface area contributed by atoms with Crippen LogP contribution in [0.15, 0.2) is 30.3 Å². The number of hydrogen-bond acceptors (Lipinski definition) is 3. The van der Waals surface area contributed by atoms with Crippen LogP contribution in [0.3, 0.4) is 0 Å². The first-order chi connectivity index (χ1) is 7.49. The topological polar surface area (TPSA) is 66.4 Å². The standard InChI is InChI=1S/C10H14INO3S/c11-10(9-5-2-1-3-6-9)12-7-4-8-16(13,14)15/h1-3,5-6,10,12H,4,7-8H2,(H,13,14,15). The first-order valence-electron chi connectivity index (χ1n) is 4.86. The number of hydrogen-bond donors (Lipinski definition) is 2. The van der Waals surface area contributed by atoms with Crippen molar-refractivity contribution in [3.05, 3.63) is 35.9 Å². The van der Waals surface area contributed by atoms with Gasteiger partial charge in [-0.05, 0) is 18.5 Å². The van der Waals surface area contributed by atoms with E-state index in [1.807, 2.05) is 30.3 Å². The van der Waals surface area contributed by atoms with Gasteiger partial charge in [-0.3, -0.25) is 4.55 Å². The molecule has 0 heterocycles. The minimum absolute atomic E-state index is 0.153. The number of benzene rings is 1. The van der Waals surface area contributed by atoms with Crippen molar-refractivity contribution in [2.45, 2.75) is 10.5 Å². The van der Waals surface area contributed by atoms with E-state index in [1.165, 1.54) is 0 Å². The summed E-state index contributed by atoms with van der Waals surface area (Å²) in [5.74, 6) is -0.196. The molecule has 0 radical (unpaired) electrons. The van der Waals surface area contributed by atoms with Gasteiger partial charge in [0.15, 0.2) is 0 Å². The quantitative estimate of drug-likeness (QED) is 0.269. The maximum Gasteiger partial charge on any atom is 0.264 e. The molecule has 4 nitrogen and oxygen atoms in total. The molecular weight excluding hydrogens is 341 g/mol. The Labute approximate surface area is 109 Å². The van der Waals surface area contributed by atoms with E-state index in [9.17, 15) is 8.42 Å². The van der Waals surface area contributed by atoms with Crippen LogP contribution in [0.5, 0.6) is 0 Å². The number of halogens is 1. The molecule has 0 bridgehead atoms. The molecule has 6 heteroatoms. The van der Waals surface area contributed by atoms with Crippen molar-refractivity contribution in [2.24, 2.45) is 0 Å². The van der Waals surface area contributed by atoms with E-state index in [2.05, 4.69) is 27.9 Å². The molecule has 0 aliphatic heterocycles. The molecule has 1 rings (SSSR count). The van der Waals surface area contributed by atoms with Crippen molar-refractivity contribution < 1.29 is 13.0 Å². The average Bonchev–Trinajstić information content (AvgIpc) is 2.24. The van der Waals surface area contributed by atoms with Crippen LogP contribution in [0.2, 0.25) is 0 Å². The number of alkyl halides is 1. The lowest BCUT2D eigenvalue weighted by Crippen LogP contribution is -2.20. The molecule has 0 aromatic heterocycles. The summed E-state index contributed by atoms with van der Waals surface area (Å²) in [6.45, 7) is 0.558. The third-order valence-electron chi connectivity index (χ3n) is 1.99. The summed E-state index contributed by atoms with van der Waals surface area (Å²) in [6.07, 6.45) is 0.408. The molecule has 0 spiro atoms. The third kappa shape index (κ3) is 5.78. The summed E-state index contributed by atoms with van der Waals surface area (Å²) < 4.78 is 29.6. The van der Waals surface area contributed by atoms with E-state index in [1.54, 1.807) is 0 Å². The number of nitrogens with one attached hydrogen (secondary N) is 1. The van der Waals surface area contributed by atoms with Gasteiger partial charge in [-0.15, -0.1) is 0 Å². The summed E-state index contributed by atoms with van der Waals surface area (Å²) in [7, 11) is -3.83. The van der Waals surface area contributed by atoms with Gasteiger partial charge in [0.25, 0.3) is 10.1 Å². The Morgan fingerprint density at radius 1 is 1.31 bits per heavy atom. The van der Waals surface area contributed by atoms with Crippen LogP contribution in [0, 0.1) is 0 Å².